The SMILES string of the molecule is CCCCCCCCCCCCCCCCCCNC(=O)C(OC)C(=O)N1CCOCCOCCOCCN(C(=O)C(OC)C(=O)NCCCCCCCCCCCCCCCCCC)CCOCCOCC1. The lowest BCUT2D eigenvalue weighted by Gasteiger charge is -2.26. The summed E-state index contributed by atoms with van der Waals surface area (Å²) in [7, 11) is 2.75. The lowest BCUT2D eigenvalue weighted by atomic mass is 10.0. The van der Waals surface area contributed by atoms with Crippen molar-refractivity contribution in [3.8, 4) is 0 Å². The zero-order valence-electron chi connectivity index (χ0n) is 47.5. The molecule has 0 aromatic rings. The van der Waals surface area contributed by atoms with E-state index in [0.717, 1.165) is 38.5 Å². The van der Waals surface area contributed by atoms with Crippen LogP contribution in [0.1, 0.15) is 219 Å². The molecule has 2 N–H and O–H groups in total. The molecule has 0 aromatic carbocycles. The molecule has 0 bridgehead atoms. The molecule has 2 atom stereocenters. The van der Waals surface area contributed by atoms with E-state index >= 15 is 0 Å². The fourth-order valence-corrected chi connectivity index (χ4v) is 9.15. The van der Waals surface area contributed by atoms with Crippen molar-refractivity contribution in [1.29, 1.82) is 0 Å². The molecule has 4 amide bonds. The average Bonchev–Trinajstić information content (AvgIpc) is 3.39. The van der Waals surface area contributed by atoms with Gasteiger partial charge >= 0.3 is 0 Å². The number of nitrogens with zero attached hydrogens (tertiary/aromatic N) is 2. The number of hydrogen-bond acceptors (Lipinski definition) is 11. The Labute approximate surface area is 446 Å². The molecule has 15 nitrogen and oxygen atoms in total. The molecule has 0 aromatic heterocycles. The van der Waals surface area contributed by atoms with Crippen molar-refractivity contribution in [2.24, 2.45) is 0 Å². The summed E-state index contributed by atoms with van der Waals surface area (Å²) in [5.74, 6) is -1.79. The second kappa shape index (κ2) is 53.0. The maximum atomic E-state index is 13.7. The van der Waals surface area contributed by atoms with Crippen molar-refractivity contribution in [1.82, 2.24) is 20.4 Å². The summed E-state index contributed by atoms with van der Waals surface area (Å²) < 4.78 is 39.7. The molecule has 0 aliphatic carbocycles. The van der Waals surface area contributed by atoms with E-state index < -0.39 is 35.8 Å². The predicted octanol–water partition coefficient (Wildman–Crippen LogP) is 10.5. The van der Waals surface area contributed by atoms with Gasteiger partial charge < -0.3 is 53.6 Å². The van der Waals surface area contributed by atoms with E-state index in [1.54, 1.807) is 0 Å². The standard InChI is InChI=1S/C58H112N4O11/c1-5-7-9-11-13-15-17-19-21-23-25-27-29-31-33-35-37-59-55(63)53(67-3)57(65)61-39-43-69-47-48-70-44-40-62(42-46-72-50-52-73-51-49-71-45-41-61)58(66)54(68-4)56(64)60-38-36-34-32-30-28-26-24-22-20-18-16-14-12-10-8-6-2/h53-54H,5-52H2,1-4H3,(H,59,63)(H,60,64). The van der Waals surface area contributed by atoms with Gasteiger partial charge in [0.1, 0.15) is 0 Å². The molecule has 1 saturated heterocycles. The van der Waals surface area contributed by atoms with Crippen LogP contribution in [0, 0.1) is 0 Å². The number of methoxy groups -OCH3 is 2. The van der Waals surface area contributed by atoms with E-state index in [1.807, 2.05) is 0 Å². The van der Waals surface area contributed by atoms with Crippen molar-refractivity contribution >= 4 is 23.6 Å². The molecular formula is C58H112N4O11. The first kappa shape index (κ1) is 68.6. The van der Waals surface area contributed by atoms with Gasteiger partial charge in [-0.05, 0) is 12.8 Å². The Morgan fingerprint density at radius 1 is 0.342 bits per heavy atom. The van der Waals surface area contributed by atoms with Gasteiger partial charge in [-0.1, -0.05) is 206 Å². The van der Waals surface area contributed by atoms with Gasteiger partial charge in [-0.2, -0.15) is 0 Å². The molecule has 15 heteroatoms. The zero-order chi connectivity index (χ0) is 52.9. The van der Waals surface area contributed by atoms with Crippen LogP contribution in [0.2, 0.25) is 0 Å². The predicted molar refractivity (Wildman–Crippen MR) is 294 cm³/mol. The molecule has 1 aliphatic heterocycles. The molecule has 0 radical (unpaired) electrons. The lowest BCUT2D eigenvalue weighted by molar-refractivity contribution is -0.153. The second-order valence-corrected chi connectivity index (χ2v) is 20.1. The van der Waals surface area contributed by atoms with Gasteiger partial charge in [0.05, 0.1) is 66.1 Å². The third-order valence-corrected chi connectivity index (χ3v) is 13.8. The van der Waals surface area contributed by atoms with Gasteiger partial charge in [0, 0.05) is 53.5 Å². The fourth-order valence-electron chi connectivity index (χ4n) is 9.15. The maximum absolute atomic E-state index is 13.7. The Morgan fingerprint density at radius 3 is 0.767 bits per heavy atom. The van der Waals surface area contributed by atoms with Crippen LogP contribution in [0.25, 0.3) is 0 Å². The molecule has 1 rings (SSSR count). The van der Waals surface area contributed by atoms with E-state index in [2.05, 4.69) is 24.5 Å². The van der Waals surface area contributed by atoms with Crippen LogP contribution < -0.4 is 10.6 Å². The normalized spacial score (nSPS) is 16.1. The van der Waals surface area contributed by atoms with Gasteiger partial charge in [0.2, 0.25) is 12.2 Å². The van der Waals surface area contributed by atoms with Crippen LogP contribution in [0.5, 0.6) is 0 Å². The minimum Gasteiger partial charge on any atom is -0.377 e. The molecule has 73 heavy (non-hydrogen) atoms. The first-order valence-electron chi connectivity index (χ1n) is 30.0. The van der Waals surface area contributed by atoms with E-state index in [-0.39, 0.29) is 65.8 Å². The highest BCUT2D eigenvalue weighted by molar-refractivity contribution is 6.03. The van der Waals surface area contributed by atoms with Crippen LogP contribution in [-0.4, -0.2) is 165 Å². The molecule has 430 valence electrons. The first-order chi connectivity index (χ1) is 35.9. The van der Waals surface area contributed by atoms with Gasteiger partial charge in [-0.15, -0.1) is 0 Å². The Kier molecular flexibility index (Phi) is 49.8. The van der Waals surface area contributed by atoms with Crippen LogP contribution >= 0.6 is 0 Å². The smallest absolute Gasteiger partial charge is 0.261 e. The fraction of sp³-hybridized carbons (Fsp3) is 0.931. The molecule has 1 fully saturated rings. The van der Waals surface area contributed by atoms with E-state index in [4.69, 9.17) is 33.2 Å². The number of unbranched alkanes of at least 4 members (excludes halogenated alkanes) is 30. The van der Waals surface area contributed by atoms with Crippen molar-refractivity contribution in [3.63, 3.8) is 0 Å². The Hall–Kier alpha value is -2.40. The van der Waals surface area contributed by atoms with E-state index in [9.17, 15) is 19.2 Å². The number of carbonyl (C=O) groups excluding carboxylic acids is 4. The van der Waals surface area contributed by atoms with Crippen LogP contribution in [0.3, 0.4) is 0 Å². The lowest BCUT2D eigenvalue weighted by Crippen LogP contribution is -2.50. The Morgan fingerprint density at radius 2 is 0.548 bits per heavy atom. The number of amides is 4. The van der Waals surface area contributed by atoms with Gasteiger partial charge in [0.25, 0.3) is 23.6 Å². The van der Waals surface area contributed by atoms with Crippen molar-refractivity contribution in [2.45, 2.75) is 232 Å². The minimum atomic E-state index is -1.28. The molecule has 1 aliphatic rings. The van der Waals surface area contributed by atoms with Crippen LogP contribution in [0.15, 0.2) is 0 Å². The van der Waals surface area contributed by atoms with Crippen molar-refractivity contribution < 1.29 is 52.3 Å². The first-order valence-corrected chi connectivity index (χ1v) is 30.0. The molecular weight excluding hydrogens is 929 g/mol. The molecule has 1 heterocycles. The van der Waals surface area contributed by atoms with Gasteiger partial charge in [-0.25, -0.2) is 0 Å². The summed E-state index contributed by atoms with van der Waals surface area (Å²) in [4.78, 5) is 56.7. The highest BCUT2D eigenvalue weighted by Crippen LogP contribution is 2.16. The topological polar surface area (TPSA) is 163 Å². The summed E-state index contributed by atoms with van der Waals surface area (Å²) >= 11 is 0. The highest BCUT2D eigenvalue weighted by atomic mass is 16.5. The number of rotatable bonds is 40. The number of carbonyl (C=O) groups is 4. The van der Waals surface area contributed by atoms with Gasteiger partial charge in [0.15, 0.2) is 0 Å². The summed E-state index contributed by atoms with van der Waals surface area (Å²) in [6.45, 7) is 9.17. The van der Waals surface area contributed by atoms with Crippen LogP contribution in [-0.2, 0) is 52.3 Å². The Balaban J connectivity index is 2.43. The maximum Gasteiger partial charge on any atom is 0.261 e. The minimum absolute atomic E-state index is 0.210. The average molecular weight is 1040 g/mol. The largest absolute Gasteiger partial charge is 0.377 e. The number of ether oxygens (including phenoxy) is 7. The monoisotopic (exact) mass is 1040 g/mol. The quantitative estimate of drug-likeness (QED) is 0.0444. The van der Waals surface area contributed by atoms with E-state index in [1.165, 1.54) is 191 Å². The Bertz CT molecular complexity index is 1170. The van der Waals surface area contributed by atoms with E-state index in [0.29, 0.717) is 39.5 Å². The highest BCUT2D eigenvalue weighted by Gasteiger charge is 2.32. The zero-order valence-corrected chi connectivity index (χ0v) is 47.5. The molecule has 0 saturated carbocycles. The number of nitrogens with one attached hydrogen (secondary N) is 2. The molecule has 0 spiro atoms. The third-order valence-electron chi connectivity index (χ3n) is 13.8. The summed E-state index contributed by atoms with van der Waals surface area (Å²) in [5.41, 5.74) is 0. The summed E-state index contributed by atoms with van der Waals surface area (Å²) in [6, 6.07) is 0. The van der Waals surface area contributed by atoms with Crippen molar-refractivity contribution in [2.75, 3.05) is 120 Å². The van der Waals surface area contributed by atoms with Crippen LogP contribution in [0.4, 0.5) is 0 Å². The summed E-state index contributed by atoms with van der Waals surface area (Å²) in [6.07, 6.45) is 38.5. The second-order valence-electron chi connectivity index (χ2n) is 20.1. The third kappa shape index (κ3) is 40.5. The number of hydrogen-bond donors (Lipinski definition) is 2. The summed E-state index contributed by atoms with van der Waals surface area (Å²) in [5, 5.41) is 5.82. The van der Waals surface area contributed by atoms with Gasteiger partial charge in [-0.3, -0.25) is 19.2 Å². The molecule has 2 unspecified atom stereocenters. The van der Waals surface area contributed by atoms with Crippen molar-refractivity contribution in [3.05, 3.63) is 0 Å².